The summed E-state index contributed by atoms with van der Waals surface area (Å²) >= 11 is 0.912. The lowest BCUT2D eigenvalue weighted by molar-refractivity contribution is -0.153. The number of carboxylic acid groups (broad SMARTS) is 2. The molecule has 1 aromatic rings. The van der Waals surface area contributed by atoms with Gasteiger partial charge in [0.2, 0.25) is 11.8 Å². The Morgan fingerprint density at radius 2 is 1.65 bits per heavy atom. The number of urea groups is 1. The van der Waals surface area contributed by atoms with Crippen LogP contribution in [0.3, 0.4) is 0 Å². The first-order valence-electron chi connectivity index (χ1n) is 12.4. The Morgan fingerprint density at radius 1 is 1.02 bits per heavy atom. The minimum Gasteiger partial charge on any atom is -0.480 e. The zero-order valence-electron chi connectivity index (χ0n) is 22.3. The molecule has 2 saturated heterocycles. The maximum absolute atomic E-state index is 13.5. The van der Waals surface area contributed by atoms with Crippen LogP contribution >= 0.6 is 11.8 Å². The summed E-state index contributed by atoms with van der Waals surface area (Å²) < 4.78 is -1.10. The number of benzene rings is 1. The summed E-state index contributed by atoms with van der Waals surface area (Å²) in [5.41, 5.74) is 0.245. The minimum absolute atomic E-state index is 0.108. The van der Waals surface area contributed by atoms with Gasteiger partial charge >= 0.3 is 29.8 Å². The lowest BCUT2D eigenvalue weighted by Gasteiger charge is -2.33. The van der Waals surface area contributed by atoms with Crippen LogP contribution in [-0.2, 0) is 28.8 Å². The van der Waals surface area contributed by atoms with Crippen molar-refractivity contribution in [3.05, 3.63) is 35.9 Å². The molecule has 0 unspecified atom stereocenters. The Balaban J connectivity index is 1.91. The first kappa shape index (κ1) is 30.4. The van der Waals surface area contributed by atoms with Crippen LogP contribution in [0.1, 0.15) is 39.3 Å². The summed E-state index contributed by atoms with van der Waals surface area (Å²) in [6.45, 7) is 6.18. The molecule has 4 atom stereocenters. The van der Waals surface area contributed by atoms with E-state index in [9.17, 15) is 43.8 Å². The fourth-order valence-electron chi connectivity index (χ4n) is 4.73. The fourth-order valence-corrected chi connectivity index (χ4v) is 6.40. The second-order valence-electron chi connectivity index (χ2n) is 9.74. The number of nitrogens with zero attached hydrogens (tertiary/aromatic N) is 3. The van der Waals surface area contributed by atoms with Crippen LogP contribution in [0.2, 0.25) is 0 Å². The molecule has 0 bridgehead atoms. The Bertz CT molecular complexity index is 1220. The van der Waals surface area contributed by atoms with Crippen molar-refractivity contribution >= 4 is 53.4 Å². The first-order valence-corrected chi connectivity index (χ1v) is 13.3. The van der Waals surface area contributed by atoms with Gasteiger partial charge in [-0.2, -0.15) is 0 Å². The van der Waals surface area contributed by atoms with Gasteiger partial charge < -0.3 is 30.6 Å². The van der Waals surface area contributed by atoms with E-state index < -0.39 is 69.8 Å². The number of aliphatic carboxylic acids is 2. The Labute approximate surface area is 234 Å². The van der Waals surface area contributed by atoms with Crippen molar-refractivity contribution in [2.75, 3.05) is 19.6 Å². The van der Waals surface area contributed by atoms with Gasteiger partial charge in [0.05, 0.1) is 0 Å². The van der Waals surface area contributed by atoms with E-state index in [1.54, 1.807) is 39.0 Å². The van der Waals surface area contributed by atoms with Crippen LogP contribution in [0.4, 0.5) is 4.79 Å². The van der Waals surface area contributed by atoms with Crippen molar-refractivity contribution in [3.8, 4) is 0 Å². The van der Waals surface area contributed by atoms with Crippen molar-refractivity contribution in [2.45, 2.75) is 55.9 Å². The van der Waals surface area contributed by atoms with Crippen molar-refractivity contribution in [1.82, 2.24) is 25.3 Å². The molecule has 2 aliphatic rings. The molecule has 15 heteroatoms. The van der Waals surface area contributed by atoms with E-state index in [4.69, 9.17) is 0 Å². The highest BCUT2D eigenvalue weighted by molar-refractivity contribution is 8.01. The van der Waals surface area contributed by atoms with Gasteiger partial charge in [0.15, 0.2) is 6.04 Å². The molecular weight excluding hydrogens is 546 g/mol. The molecule has 2 fully saturated rings. The van der Waals surface area contributed by atoms with Gasteiger partial charge in [0.25, 0.3) is 0 Å². The summed E-state index contributed by atoms with van der Waals surface area (Å²) in [5, 5.41) is 23.3. The summed E-state index contributed by atoms with van der Waals surface area (Å²) in [4.78, 5) is 91.1. The van der Waals surface area contributed by atoms with Crippen LogP contribution < -0.4 is 10.6 Å². The number of hydrogen-bond acceptors (Lipinski definition) is 8. The zero-order valence-corrected chi connectivity index (χ0v) is 23.1. The maximum Gasteiger partial charge on any atom is 0.329 e. The van der Waals surface area contributed by atoms with E-state index in [-0.39, 0.29) is 25.2 Å². The number of piperazine rings is 1. The van der Waals surface area contributed by atoms with E-state index >= 15 is 0 Å². The van der Waals surface area contributed by atoms with Crippen LogP contribution in [0.25, 0.3) is 0 Å². The summed E-state index contributed by atoms with van der Waals surface area (Å²) in [6, 6.07) is 2.15. The smallest absolute Gasteiger partial charge is 0.329 e. The van der Waals surface area contributed by atoms with E-state index in [0.717, 1.165) is 23.6 Å². The molecule has 0 aromatic heterocycles. The molecule has 0 spiro atoms. The van der Waals surface area contributed by atoms with Gasteiger partial charge in [0, 0.05) is 31.3 Å². The molecule has 0 aliphatic carbocycles. The number of thioether (sulfide) groups is 1. The molecule has 0 radical (unpaired) electrons. The highest BCUT2D eigenvalue weighted by Gasteiger charge is 2.56. The van der Waals surface area contributed by atoms with Crippen LogP contribution in [0.5, 0.6) is 0 Å². The predicted octanol–water partition coefficient (Wildman–Crippen LogP) is -0.149. The lowest BCUT2D eigenvalue weighted by atomic mass is 10.0. The van der Waals surface area contributed by atoms with E-state index in [1.807, 2.05) is 0 Å². The fraction of sp³-hybridized carbons (Fsp3) is 0.480. The maximum atomic E-state index is 13.5. The molecule has 216 valence electrons. The number of carbonyl (C=O) groups excluding carboxylic acids is 5. The average Bonchev–Trinajstić information content (AvgIpc) is 3.18. The molecule has 6 amide bonds. The minimum atomic E-state index is -1.76. The molecular formula is C25H31N5O9S. The Kier molecular flexibility index (Phi) is 9.07. The highest BCUT2D eigenvalue weighted by Crippen LogP contribution is 2.46. The molecule has 4 N–H and O–H groups in total. The molecule has 0 saturated carbocycles. The predicted molar refractivity (Wildman–Crippen MR) is 141 cm³/mol. The van der Waals surface area contributed by atoms with Crippen LogP contribution in [0, 0.1) is 0 Å². The number of carbonyl (C=O) groups is 7. The molecule has 2 aliphatic heterocycles. The summed E-state index contributed by atoms with van der Waals surface area (Å²) in [6.07, 6.45) is 0. The van der Waals surface area contributed by atoms with Crippen molar-refractivity contribution < 1.29 is 43.8 Å². The second-order valence-corrected chi connectivity index (χ2v) is 11.5. The number of rotatable bonds is 8. The average molecular weight is 578 g/mol. The summed E-state index contributed by atoms with van der Waals surface area (Å²) in [5.74, 6) is -6.48. The lowest BCUT2D eigenvalue weighted by Crippen LogP contribution is -2.60. The second kappa shape index (κ2) is 11.9. The van der Waals surface area contributed by atoms with Gasteiger partial charge in [-0.05, 0) is 26.3 Å². The van der Waals surface area contributed by atoms with Gasteiger partial charge in [-0.1, -0.05) is 30.3 Å². The highest BCUT2D eigenvalue weighted by atomic mass is 32.2. The first-order chi connectivity index (χ1) is 18.7. The third kappa shape index (κ3) is 6.03. The largest absolute Gasteiger partial charge is 0.480 e. The standard InChI is InChI=1S/C25H31N5O9S/c1-5-28-11-12-29(20(34)19(28)33)24(39)27-15(14-9-7-6-8-10-14)18(32)26-16(22(35)36)21-30(13(2)31)17(23(37)38)25(3,4)40-21/h6-10,15-17,21H,5,11-12H2,1-4H3,(H,26,32)(H,27,39)(H,35,36)(H,37,38)/t15-,16+,17+,21-/m1/s1. The van der Waals surface area contributed by atoms with Gasteiger partial charge in [-0.25, -0.2) is 14.4 Å². The van der Waals surface area contributed by atoms with Crippen molar-refractivity contribution in [3.63, 3.8) is 0 Å². The summed E-state index contributed by atoms with van der Waals surface area (Å²) in [7, 11) is 0. The number of amides is 6. The SMILES string of the molecule is CCN1CCN(C(=O)N[C@@H](C(=O)N[C@H](C(=O)O)[C@H]2SC(C)(C)[C@H](C(=O)O)N2C(C)=O)c2ccccc2)C(=O)C1=O. The molecule has 14 nitrogen and oxygen atoms in total. The Hall–Kier alpha value is -4.14. The van der Waals surface area contributed by atoms with Gasteiger partial charge in [-0.15, -0.1) is 11.8 Å². The van der Waals surface area contributed by atoms with E-state index in [0.29, 0.717) is 4.90 Å². The third-order valence-electron chi connectivity index (χ3n) is 6.68. The topological polar surface area (TPSA) is 194 Å². The van der Waals surface area contributed by atoms with Gasteiger partial charge in [0.1, 0.15) is 17.5 Å². The van der Waals surface area contributed by atoms with Crippen molar-refractivity contribution in [1.29, 1.82) is 0 Å². The zero-order chi connectivity index (χ0) is 29.9. The number of hydrogen-bond donors (Lipinski definition) is 4. The van der Waals surface area contributed by atoms with Crippen LogP contribution in [-0.4, -0.2) is 108 Å². The van der Waals surface area contributed by atoms with Gasteiger partial charge in [-0.3, -0.25) is 24.1 Å². The molecule has 2 heterocycles. The van der Waals surface area contributed by atoms with Crippen LogP contribution in [0.15, 0.2) is 30.3 Å². The molecule has 3 rings (SSSR count). The Morgan fingerprint density at radius 3 is 2.17 bits per heavy atom. The molecule has 1 aromatic carbocycles. The van der Waals surface area contributed by atoms with Crippen molar-refractivity contribution in [2.24, 2.45) is 0 Å². The monoisotopic (exact) mass is 577 g/mol. The normalized spacial score (nSPS) is 21.9. The number of imide groups is 1. The quantitative estimate of drug-likeness (QED) is 0.302. The number of likely N-dealkylation sites (N-methyl/N-ethyl adjacent to an activating group) is 1. The number of nitrogens with one attached hydrogen (secondary N) is 2. The number of carboxylic acids is 2. The molecule has 40 heavy (non-hydrogen) atoms. The van der Waals surface area contributed by atoms with E-state index in [1.165, 1.54) is 17.0 Å². The third-order valence-corrected chi connectivity index (χ3v) is 8.25. The van der Waals surface area contributed by atoms with E-state index in [2.05, 4.69) is 10.6 Å².